The average molecular weight is 793 g/mol. The van der Waals surface area contributed by atoms with Crippen molar-refractivity contribution < 1.29 is 33.8 Å². The summed E-state index contributed by atoms with van der Waals surface area (Å²) in [4.78, 5) is 60.6. The molecule has 0 radical (unpaired) electrons. The Hall–Kier alpha value is -5.69. The number of aryl methyl sites for hydroxylation is 1. The lowest BCUT2D eigenvalue weighted by atomic mass is 9.93. The molecule has 3 heterocycles. The fraction of sp³-hybridized carbons (Fsp3) is 0.444. The summed E-state index contributed by atoms with van der Waals surface area (Å²) >= 11 is 0. The summed E-state index contributed by atoms with van der Waals surface area (Å²) in [5.74, 6) is -0.271. The van der Waals surface area contributed by atoms with Gasteiger partial charge in [-0.15, -0.1) is 0 Å². The van der Waals surface area contributed by atoms with E-state index in [1.54, 1.807) is 53.0 Å². The van der Waals surface area contributed by atoms with Gasteiger partial charge < -0.3 is 34.6 Å². The highest BCUT2D eigenvalue weighted by molar-refractivity contribution is 6.02. The van der Waals surface area contributed by atoms with Crippen LogP contribution in [0.25, 0.3) is 5.69 Å². The number of carbonyl (C=O) groups excluding carboxylic acids is 4. The lowest BCUT2D eigenvalue weighted by Gasteiger charge is -2.36. The van der Waals surface area contributed by atoms with E-state index in [9.17, 15) is 24.3 Å². The highest BCUT2D eigenvalue weighted by Gasteiger charge is 2.35. The van der Waals surface area contributed by atoms with Crippen molar-refractivity contribution in [3.8, 4) is 17.2 Å². The van der Waals surface area contributed by atoms with E-state index in [1.807, 2.05) is 54.3 Å². The van der Waals surface area contributed by atoms with E-state index >= 15 is 0 Å². The number of hydrogen-bond donors (Lipinski definition) is 2. The fourth-order valence-corrected chi connectivity index (χ4v) is 7.82. The minimum atomic E-state index is -0.584. The minimum Gasteiger partial charge on any atom is -0.493 e. The number of likely N-dealkylation sites (tertiary alicyclic amines) is 1. The number of aliphatic hydroxyl groups is 1. The third-order valence-corrected chi connectivity index (χ3v) is 11.2. The summed E-state index contributed by atoms with van der Waals surface area (Å²) in [5, 5.41) is 18.2. The number of unbranched alkanes of at least 4 members (excludes halogenated alkanes) is 2. The fourth-order valence-electron chi connectivity index (χ4n) is 7.82. The standard InChI is InChI=1S/C45H56N6O7/c1-6-8-19-48(20-9-7-2)45(56)38-22-30(3)51(47-38)39-16-15-35(26-37(39)44(55)50-28-33-13-11-10-12-32(33)24-36(50)29-52)46-43(54)34-25-42(53)49(27-34)21-18-31-14-17-40(57-4)41(23-31)58-5/h10-17,22-23,26,34,36,52H,6-9,18-21,24-25,27-29H2,1-5H3,(H,46,54). The Bertz CT molecular complexity index is 2110. The Morgan fingerprint density at radius 3 is 2.33 bits per heavy atom. The molecule has 13 heteroatoms. The number of anilines is 1. The summed E-state index contributed by atoms with van der Waals surface area (Å²) in [7, 11) is 3.16. The minimum absolute atomic E-state index is 0.0732. The number of aromatic nitrogens is 2. The monoisotopic (exact) mass is 792 g/mol. The van der Waals surface area contributed by atoms with Gasteiger partial charge in [-0.05, 0) is 85.7 Å². The first-order valence-corrected chi connectivity index (χ1v) is 20.4. The van der Waals surface area contributed by atoms with Gasteiger partial charge in [0.1, 0.15) is 0 Å². The second kappa shape index (κ2) is 19.2. The van der Waals surface area contributed by atoms with Crippen LogP contribution in [0.2, 0.25) is 0 Å². The van der Waals surface area contributed by atoms with Crippen molar-refractivity contribution in [1.29, 1.82) is 0 Å². The molecule has 58 heavy (non-hydrogen) atoms. The molecule has 0 bridgehead atoms. The Labute approximate surface area is 340 Å². The Balaban J connectivity index is 1.26. The Kier molecular flexibility index (Phi) is 13.9. The molecule has 0 aliphatic carbocycles. The van der Waals surface area contributed by atoms with Gasteiger partial charge in [-0.1, -0.05) is 57.0 Å². The Morgan fingerprint density at radius 1 is 0.914 bits per heavy atom. The van der Waals surface area contributed by atoms with Crippen molar-refractivity contribution in [2.75, 3.05) is 52.3 Å². The van der Waals surface area contributed by atoms with E-state index in [4.69, 9.17) is 14.6 Å². The highest BCUT2D eigenvalue weighted by Crippen LogP contribution is 2.31. The molecule has 1 fully saturated rings. The van der Waals surface area contributed by atoms with E-state index in [-0.39, 0.29) is 48.8 Å². The first kappa shape index (κ1) is 41.9. The van der Waals surface area contributed by atoms with Gasteiger partial charge in [0.25, 0.3) is 11.8 Å². The maximum absolute atomic E-state index is 14.7. The number of hydrogen-bond acceptors (Lipinski definition) is 8. The molecular formula is C45H56N6O7. The molecule has 2 N–H and O–H groups in total. The number of carbonyl (C=O) groups is 4. The molecule has 308 valence electrons. The van der Waals surface area contributed by atoms with Crippen molar-refractivity contribution in [2.45, 2.75) is 78.3 Å². The number of ether oxygens (including phenoxy) is 2. The van der Waals surface area contributed by atoms with E-state index in [0.29, 0.717) is 73.3 Å². The van der Waals surface area contributed by atoms with Crippen LogP contribution in [0.3, 0.4) is 0 Å². The normalized spacial score (nSPS) is 16.3. The SMILES string of the molecule is CCCCN(CCCC)C(=O)c1cc(C)n(-c2ccc(NC(=O)C3CC(=O)N(CCc4ccc(OC)c(OC)c4)C3)cc2C(=O)N2Cc3ccccc3CC2CO)n1. The molecule has 4 amide bonds. The van der Waals surface area contributed by atoms with Gasteiger partial charge in [-0.25, -0.2) is 4.68 Å². The molecule has 2 unspecified atom stereocenters. The number of methoxy groups -OCH3 is 2. The maximum atomic E-state index is 14.7. The number of nitrogens with zero attached hydrogens (tertiary/aromatic N) is 5. The van der Waals surface area contributed by atoms with Crippen LogP contribution in [-0.2, 0) is 29.0 Å². The predicted octanol–water partition coefficient (Wildman–Crippen LogP) is 5.83. The van der Waals surface area contributed by atoms with Gasteiger partial charge in [0.15, 0.2) is 17.2 Å². The summed E-state index contributed by atoms with van der Waals surface area (Å²) in [5.41, 5.74) is 5.11. The first-order valence-electron chi connectivity index (χ1n) is 20.4. The average Bonchev–Trinajstić information content (AvgIpc) is 3.83. The van der Waals surface area contributed by atoms with Crippen LogP contribution in [0.5, 0.6) is 11.5 Å². The molecule has 2 atom stereocenters. The smallest absolute Gasteiger partial charge is 0.274 e. The zero-order chi connectivity index (χ0) is 41.3. The summed E-state index contributed by atoms with van der Waals surface area (Å²) < 4.78 is 12.4. The van der Waals surface area contributed by atoms with Crippen LogP contribution in [0.1, 0.15) is 89.2 Å². The second-order valence-corrected chi connectivity index (χ2v) is 15.2. The first-order chi connectivity index (χ1) is 28.1. The molecule has 0 saturated carbocycles. The topological polar surface area (TPSA) is 147 Å². The summed E-state index contributed by atoms with van der Waals surface area (Å²) in [6.07, 6.45) is 4.85. The van der Waals surface area contributed by atoms with Gasteiger partial charge in [0, 0.05) is 50.5 Å². The number of aliphatic hydroxyl groups excluding tert-OH is 1. The Morgan fingerprint density at radius 2 is 1.64 bits per heavy atom. The lowest BCUT2D eigenvalue weighted by Crippen LogP contribution is -2.46. The molecule has 3 aromatic carbocycles. The molecule has 1 saturated heterocycles. The second-order valence-electron chi connectivity index (χ2n) is 15.2. The van der Waals surface area contributed by atoms with Crippen LogP contribution in [-0.4, -0.2) is 106 Å². The largest absolute Gasteiger partial charge is 0.493 e. The third-order valence-electron chi connectivity index (χ3n) is 11.2. The van der Waals surface area contributed by atoms with Crippen molar-refractivity contribution in [3.63, 3.8) is 0 Å². The molecule has 4 aromatic rings. The summed E-state index contributed by atoms with van der Waals surface area (Å²) in [6, 6.07) is 19.9. The van der Waals surface area contributed by atoms with Gasteiger partial charge in [0.05, 0.1) is 44.0 Å². The number of fused-ring (bicyclic) bond motifs is 1. The van der Waals surface area contributed by atoms with Crippen molar-refractivity contribution in [2.24, 2.45) is 5.92 Å². The summed E-state index contributed by atoms with van der Waals surface area (Å²) in [6.45, 7) is 8.10. The van der Waals surface area contributed by atoms with Gasteiger partial charge in [-0.3, -0.25) is 19.2 Å². The van der Waals surface area contributed by atoms with E-state index in [1.165, 1.54) is 0 Å². The maximum Gasteiger partial charge on any atom is 0.274 e. The highest BCUT2D eigenvalue weighted by atomic mass is 16.5. The van der Waals surface area contributed by atoms with Gasteiger partial charge >= 0.3 is 0 Å². The molecule has 6 rings (SSSR count). The molecule has 0 spiro atoms. The molecular weight excluding hydrogens is 737 g/mol. The quantitative estimate of drug-likeness (QED) is 0.136. The third kappa shape index (κ3) is 9.36. The van der Waals surface area contributed by atoms with Gasteiger partial charge in [-0.2, -0.15) is 5.10 Å². The van der Waals surface area contributed by atoms with Gasteiger partial charge in [0.2, 0.25) is 11.8 Å². The van der Waals surface area contributed by atoms with Crippen molar-refractivity contribution in [1.82, 2.24) is 24.5 Å². The zero-order valence-corrected chi connectivity index (χ0v) is 34.3. The lowest BCUT2D eigenvalue weighted by molar-refractivity contribution is -0.128. The predicted molar refractivity (Wildman–Crippen MR) is 221 cm³/mol. The van der Waals surface area contributed by atoms with Crippen molar-refractivity contribution >= 4 is 29.3 Å². The number of amides is 4. The molecule has 1 aromatic heterocycles. The van der Waals surface area contributed by atoms with E-state index < -0.39 is 12.0 Å². The van der Waals surface area contributed by atoms with E-state index in [2.05, 4.69) is 19.2 Å². The molecule has 13 nitrogen and oxygen atoms in total. The van der Waals surface area contributed by atoms with E-state index in [0.717, 1.165) is 42.4 Å². The van der Waals surface area contributed by atoms with Crippen LogP contribution >= 0.6 is 0 Å². The van der Waals surface area contributed by atoms with Crippen molar-refractivity contribution in [3.05, 3.63) is 100 Å². The van der Waals surface area contributed by atoms with Crippen LogP contribution in [0.15, 0.2) is 66.7 Å². The molecule has 2 aliphatic heterocycles. The van der Waals surface area contributed by atoms with Crippen LogP contribution < -0.4 is 14.8 Å². The number of rotatable bonds is 17. The zero-order valence-electron chi connectivity index (χ0n) is 34.3. The van der Waals surface area contributed by atoms with Crippen LogP contribution in [0.4, 0.5) is 5.69 Å². The number of benzene rings is 3. The molecule has 2 aliphatic rings. The number of nitrogens with one attached hydrogen (secondary N) is 1. The van der Waals surface area contributed by atoms with Crippen LogP contribution in [0, 0.1) is 12.8 Å².